The van der Waals surface area contributed by atoms with E-state index in [0.29, 0.717) is 0 Å². The summed E-state index contributed by atoms with van der Waals surface area (Å²) < 4.78 is 12.9. The summed E-state index contributed by atoms with van der Waals surface area (Å²) in [7, 11) is 0. The Balaban J connectivity index is 1.14. The fourth-order valence-electron chi connectivity index (χ4n) is 8.91. The van der Waals surface area contributed by atoms with Gasteiger partial charge in [-0.1, -0.05) is 84.9 Å². The largest absolute Gasteiger partial charge is 0.456 e. The van der Waals surface area contributed by atoms with Gasteiger partial charge in [0.05, 0.1) is 12.1 Å². The molecule has 4 nitrogen and oxygen atoms in total. The summed E-state index contributed by atoms with van der Waals surface area (Å²) in [4.78, 5) is 5.12. The van der Waals surface area contributed by atoms with Gasteiger partial charge < -0.3 is 18.6 Å². The zero-order valence-electron chi connectivity index (χ0n) is 26.9. The monoisotopic (exact) mass is 640 g/mol. The molecule has 0 aliphatic carbocycles. The Morgan fingerprint density at radius 1 is 0.340 bits per heavy atom. The van der Waals surface area contributed by atoms with Crippen molar-refractivity contribution in [1.82, 2.24) is 0 Å². The third-order valence-electron chi connectivity index (χ3n) is 11.1. The second kappa shape index (κ2) is 9.55. The molecule has 2 atom stereocenters. The van der Waals surface area contributed by atoms with Crippen LogP contribution in [0.2, 0.25) is 0 Å². The maximum atomic E-state index is 6.46. The van der Waals surface area contributed by atoms with E-state index in [2.05, 4.69) is 155 Å². The van der Waals surface area contributed by atoms with Crippen LogP contribution in [-0.2, 0) is 0 Å². The van der Waals surface area contributed by atoms with Crippen LogP contribution in [0, 0.1) is 0 Å². The van der Waals surface area contributed by atoms with Crippen LogP contribution in [0.25, 0.3) is 65.4 Å². The molecule has 10 aromatic rings. The Morgan fingerprint density at radius 3 is 1.18 bits per heavy atom. The van der Waals surface area contributed by atoms with Crippen molar-refractivity contribution in [2.24, 2.45) is 0 Å². The van der Waals surface area contributed by atoms with E-state index in [0.717, 1.165) is 55.3 Å². The standard InChI is InChI=1S/C46H28N2O2/c1-3-11-29-23-39-37(21-27(29)9-1)45-46(47(39)31-17-19-35-33-13-5-7-15-41(33)49-43(35)25-31)38-22-28-10-2-4-12-30(28)24-40(38)48(45)32-18-20-36-34-14-6-8-16-42(34)50-44(36)26-32/h1-26,45-46H. The molecule has 0 amide bonds. The number of furan rings is 2. The van der Waals surface area contributed by atoms with Crippen LogP contribution in [0.4, 0.5) is 22.7 Å². The van der Waals surface area contributed by atoms with Crippen molar-refractivity contribution in [3.63, 3.8) is 0 Å². The summed E-state index contributed by atoms with van der Waals surface area (Å²) in [5.74, 6) is 0. The lowest BCUT2D eigenvalue weighted by atomic mass is 9.97. The van der Waals surface area contributed by atoms with Crippen LogP contribution in [0.3, 0.4) is 0 Å². The normalized spacial score (nSPS) is 16.7. The topological polar surface area (TPSA) is 32.8 Å². The minimum absolute atomic E-state index is 0.0228. The molecule has 234 valence electrons. The summed E-state index contributed by atoms with van der Waals surface area (Å²) in [6, 6.07) is 57.2. The van der Waals surface area contributed by atoms with Gasteiger partial charge in [0, 0.05) is 67.6 Å². The molecular formula is C46H28N2O2. The van der Waals surface area contributed by atoms with Crippen LogP contribution in [0.15, 0.2) is 167 Å². The molecule has 12 rings (SSSR count). The molecule has 2 aliphatic rings. The zero-order chi connectivity index (χ0) is 32.5. The second-order valence-corrected chi connectivity index (χ2v) is 13.7. The fraction of sp³-hybridized carbons (Fsp3) is 0.0435. The van der Waals surface area contributed by atoms with Crippen LogP contribution in [0.1, 0.15) is 23.2 Å². The maximum Gasteiger partial charge on any atom is 0.137 e. The molecule has 0 saturated heterocycles. The number of benzene rings is 8. The minimum Gasteiger partial charge on any atom is -0.456 e. The number of hydrogen-bond acceptors (Lipinski definition) is 4. The van der Waals surface area contributed by atoms with Gasteiger partial charge in [-0.15, -0.1) is 0 Å². The van der Waals surface area contributed by atoms with Gasteiger partial charge >= 0.3 is 0 Å². The Bertz CT molecular complexity index is 2840. The zero-order valence-corrected chi connectivity index (χ0v) is 26.9. The fourth-order valence-corrected chi connectivity index (χ4v) is 8.91. The molecule has 0 bridgehead atoms. The summed E-state index contributed by atoms with van der Waals surface area (Å²) in [6.45, 7) is 0. The first kappa shape index (κ1) is 26.4. The molecule has 4 heteroatoms. The highest BCUT2D eigenvalue weighted by atomic mass is 16.3. The maximum absolute atomic E-state index is 6.46. The van der Waals surface area contributed by atoms with Crippen molar-refractivity contribution >= 4 is 88.2 Å². The summed E-state index contributed by atoms with van der Waals surface area (Å²) >= 11 is 0. The molecule has 2 aliphatic heterocycles. The summed E-state index contributed by atoms with van der Waals surface area (Å²) in [5, 5.41) is 9.51. The first-order chi connectivity index (χ1) is 24.8. The van der Waals surface area contributed by atoms with Gasteiger partial charge in [0.2, 0.25) is 0 Å². The predicted octanol–water partition coefficient (Wildman–Crippen LogP) is 12.9. The minimum atomic E-state index is 0.0228. The van der Waals surface area contributed by atoms with Gasteiger partial charge in [-0.05, 0) is 82.2 Å². The number of nitrogens with zero attached hydrogens (tertiary/aromatic N) is 2. The van der Waals surface area contributed by atoms with E-state index in [1.807, 2.05) is 12.1 Å². The quantitative estimate of drug-likeness (QED) is 0.188. The van der Waals surface area contributed by atoms with Gasteiger partial charge in [-0.2, -0.15) is 0 Å². The Morgan fingerprint density at radius 2 is 0.720 bits per heavy atom. The molecule has 0 spiro atoms. The lowest BCUT2D eigenvalue weighted by molar-refractivity contribution is 0.632. The molecule has 2 aromatic heterocycles. The second-order valence-electron chi connectivity index (χ2n) is 13.7. The van der Waals surface area contributed by atoms with Crippen LogP contribution < -0.4 is 9.80 Å². The molecule has 8 aromatic carbocycles. The summed E-state index contributed by atoms with van der Waals surface area (Å²) in [5.41, 5.74) is 10.9. The molecule has 4 heterocycles. The number of anilines is 4. The molecule has 0 fully saturated rings. The predicted molar refractivity (Wildman–Crippen MR) is 205 cm³/mol. The first-order valence-electron chi connectivity index (χ1n) is 17.2. The van der Waals surface area contributed by atoms with E-state index >= 15 is 0 Å². The van der Waals surface area contributed by atoms with Gasteiger partial charge in [-0.25, -0.2) is 0 Å². The van der Waals surface area contributed by atoms with E-state index < -0.39 is 0 Å². The third-order valence-corrected chi connectivity index (χ3v) is 11.1. The van der Waals surface area contributed by atoms with E-state index in [-0.39, 0.29) is 12.1 Å². The Labute approximate surface area is 287 Å². The lowest BCUT2D eigenvalue weighted by Gasteiger charge is -2.29. The van der Waals surface area contributed by atoms with Crippen LogP contribution in [-0.4, -0.2) is 0 Å². The molecule has 50 heavy (non-hydrogen) atoms. The van der Waals surface area contributed by atoms with E-state index in [9.17, 15) is 0 Å². The highest BCUT2D eigenvalue weighted by molar-refractivity contribution is 6.08. The highest BCUT2D eigenvalue weighted by Gasteiger charge is 2.50. The van der Waals surface area contributed by atoms with Crippen molar-refractivity contribution in [2.45, 2.75) is 12.1 Å². The number of fused-ring (bicyclic) bond motifs is 13. The smallest absolute Gasteiger partial charge is 0.137 e. The third kappa shape index (κ3) is 3.49. The molecular weight excluding hydrogens is 613 g/mol. The van der Waals surface area contributed by atoms with Crippen molar-refractivity contribution in [1.29, 1.82) is 0 Å². The Hall–Kier alpha value is -6.52. The average Bonchev–Trinajstić information content (AvgIpc) is 3.89. The van der Waals surface area contributed by atoms with Crippen molar-refractivity contribution in [3.05, 3.63) is 169 Å². The van der Waals surface area contributed by atoms with Crippen molar-refractivity contribution < 1.29 is 8.83 Å². The van der Waals surface area contributed by atoms with Gasteiger partial charge in [0.1, 0.15) is 22.3 Å². The van der Waals surface area contributed by atoms with Crippen LogP contribution >= 0.6 is 0 Å². The first-order valence-corrected chi connectivity index (χ1v) is 17.2. The van der Waals surface area contributed by atoms with E-state index in [1.54, 1.807) is 0 Å². The molecule has 0 radical (unpaired) electrons. The summed E-state index contributed by atoms with van der Waals surface area (Å²) in [6.07, 6.45) is 0. The van der Waals surface area contributed by atoms with Gasteiger partial charge in [0.25, 0.3) is 0 Å². The van der Waals surface area contributed by atoms with E-state index in [4.69, 9.17) is 8.83 Å². The highest BCUT2D eigenvalue weighted by Crippen LogP contribution is 2.63. The van der Waals surface area contributed by atoms with Gasteiger partial charge in [-0.3, -0.25) is 0 Å². The Kier molecular flexibility index (Phi) is 5.05. The van der Waals surface area contributed by atoms with Gasteiger partial charge in [0.15, 0.2) is 0 Å². The SMILES string of the molecule is c1ccc2cc3c(cc2c1)C1C(c2cc4ccccc4cc2N1c1ccc2c(c1)oc1ccccc12)N3c1ccc2c(c1)oc1ccccc12. The number of hydrogen-bond donors (Lipinski definition) is 0. The van der Waals surface area contributed by atoms with E-state index in [1.165, 1.54) is 44.0 Å². The van der Waals surface area contributed by atoms with Crippen LogP contribution in [0.5, 0.6) is 0 Å². The molecule has 2 unspecified atom stereocenters. The van der Waals surface area contributed by atoms with Crippen molar-refractivity contribution in [3.8, 4) is 0 Å². The number of para-hydroxylation sites is 2. The number of rotatable bonds is 2. The average molecular weight is 641 g/mol. The molecule has 0 saturated carbocycles. The molecule has 0 N–H and O–H groups in total. The lowest BCUT2D eigenvalue weighted by Crippen LogP contribution is -2.24. The van der Waals surface area contributed by atoms with Crippen molar-refractivity contribution in [2.75, 3.05) is 9.80 Å².